The molecule has 0 radical (unpaired) electrons. The zero-order chi connectivity index (χ0) is 7.35. The Labute approximate surface area is 59.3 Å². The third-order valence-corrected chi connectivity index (χ3v) is 2.38. The number of methoxy groups -OCH3 is 1. The Kier molecular flexibility index (Phi) is 0.843. The van der Waals surface area contributed by atoms with Crippen molar-refractivity contribution in [2.75, 3.05) is 14.2 Å². The minimum absolute atomic E-state index is 0.0718. The summed E-state index contributed by atoms with van der Waals surface area (Å²) < 4.78 is 5.08. The van der Waals surface area contributed by atoms with Crippen LogP contribution in [0.2, 0.25) is 0 Å². The van der Waals surface area contributed by atoms with E-state index in [0.717, 1.165) is 0 Å². The van der Waals surface area contributed by atoms with Crippen molar-refractivity contribution < 1.29 is 9.53 Å². The van der Waals surface area contributed by atoms with E-state index in [9.17, 15) is 4.79 Å². The van der Waals surface area contributed by atoms with Crippen molar-refractivity contribution in [3.63, 3.8) is 0 Å². The van der Waals surface area contributed by atoms with Crippen LogP contribution in [0, 0.1) is 0 Å². The summed E-state index contributed by atoms with van der Waals surface area (Å²) in [5.74, 6) is 0.0718. The summed E-state index contributed by atoms with van der Waals surface area (Å²) in [6.07, 6.45) is 3.80. The molecule has 2 atom stereocenters. The van der Waals surface area contributed by atoms with Crippen molar-refractivity contribution in [2.45, 2.75) is 11.6 Å². The van der Waals surface area contributed by atoms with Gasteiger partial charge in [0.2, 0.25) is 0 Å². The van der Waals surface area contributed by atoms with E-state index in [1.807, 2.05) is 12.2 Å². The molecule has 2 rings (SSSR count). The van der Waals surface area contributed by atoms with Gasteiger partial charge < -0.3 is 9.64 Å². The second-order valence-electron chi connectivity index (χ2n) is 2.72. The second kappa shape index (κ2) is 1.42. The molecule has 0 aromatic carbocycles. The van der Waals surface area contributed by atoms with Crippen molar-refractivity contribution in [1.82, 2.24) is 4.90 Å². The van der Waals surface area contributed by atoms with Crippen molar-refractivity contribution in [3.8, 4) is 0 Å². The topological polar surface area (TPSA) is 29.5 Å². The molecule has 54 valence electrons. The highest BCUT2D eigenvalue weighted by Gasteiger charge is 2.62. The Morgan fingerprint density at radius 3 is 2.70 bits per heavy atom. The molecule has 2 aliphatic rings. The van der Waals surface area contributed by atoms with Crippen molar-refractivity contribution in [1.29, 1.82) is 0 Å². The summed E-state index contributed by atoms with van der Waals surface area (Å²) in [4.78, 5) is 12.8. The number of hydrogen-bond donors (Lipinski definition) is 0. The van der Waals surface area contributed by atoms with Gasteiger partial charge in [0.05, 0.1) is 6.04 Å². The first kappa shape index (κ1) is 5.92. The molecule has 1 heterocycles. The summed E-state index contributed by atoms with van der Waals surface area (Å²) >= 11 is 0. The van der Waals surface area contributed by atoms with Gasteiger partial charge in [-0.15, -0.1) is 0 Å². The Balaban J connectivity index is 2.30. The Morgan fingerprint density at radius 1 is 1.80 bits per heavy atom. The molecule has 0 N–H and O–H groups in total. The number of ether oxygens (including phenoxy) is 1. The molecule has 1 amide bonds. The van der Waals surface area contributed by atoms with Gasteiger partial charge in [-0.25, -0.2) is 0 Å². The van der Waals surface area contributed by atoms with Crippen molar-refractivity contribution in [3.05, 3.63) is 12.2 Å². The lowest BCUT2D eigenvalue weighted by Crippen LogP contribution is -2.75. The zero-order valence-corrected chi connectivity index (χ0v) is 6.00. The number of fused-ring (bicyclic) bond motifs is 1. The molecular weight excluding hydrogens is 130 g/mol. The summed E-state index contributed by atoms with van der Waals surface area (Å²) in [5.41, 5.74) is -0.561. The van der Waals surface area contributed by atoms with Crippen LogP contribution in [0.4, 0.5) is 0 Å². The molecule has 3 heteroatoms. The number of nitrogens with zero attached hydrogens (tertiary/aromatic N) is 1. The molecule has 3 nitrogen and oxygen atoms in total. The van der Waals surface area contributed by atoms with E-state index in [4.69, 9.17) is 4.74 Å². The van der Waals surface area contributed by atoms with Crippen LogP contribution in [-0.4, -0.2) is 36.6 Å². The molecule has 0 aromatic heterocycles. The van der Waals surface area contributed by atoms with Gasteiger partial charge in [0.15, 0.2) is 5.60 Å². The molecular formula is C7H9NO2. The fourth-order valence-electron chi connectivity index (χ4n) is 1.58. The maximum absolute atomic E-state index is 11.1. The first-order chi connectivity index (χ1) is 4.72. The number of carbonyl (C=O) groups excluding carboxylic acids is 1. The van der Waals surface area contributed by atoms with Crippen LogP contribution in [0.3, 0.4) is 0 Å². The predicted molar refractivity (Wildman–Crippen MR) is 35.4 cm³/mol. The molecule has 10 heavy (non-hydrogen) atoms. The highest BCUT2D eigenvalue weighted by atomic mass is 16.5. The van der Waals surface area contributed by atoms with Crippen molar-refractivity contribution in [2.24, 2.45) is 0 Å². The van der Waals surface area contributed by atoms with E-state index < -0.39 is 5.60 Å². The molecule has 1 aliphatic carbocycles. The van der Waals surface area contributed by atoms with E-state index in [1.54, 1.807) is 19.1 Å². The van der Waals surface area contributed by atoms with Gasteiger partial charge in [-0.1, -0.05) is 6.08 Å². The van der Waals surface area contributed by atoms with Crippen LogP contribution in [0.5, 0.6) is 0 Å². The van der Waals surface area contributed by atoms with Gasteiger partial charge in [-0.3, -0.25) is 4.79 Å². The Hall–Kier alpha value is -0.830. The maximum atomic E-state index is 11.1. The number of rotatable bonds is 1. The molecule has 0 saturated carbocycles. The van der Waals surface area contributed by atoms with Gasteiger partial charge in [0.25, 0.3) is 5.91 Å². The summed E-state index contributed by atoms with van der Waals surface area (Å²) in [6.45, 7) is 0. The van der Waals surface area contributed by atoms with Gasteiger partial charge in [0.1, 0.15) is 0 Å². The number of carbonyl (C=O) groups is 1. The number of likely N-dealkylation sites (tertiary alicyclic amines) is 1. The Morgan fingerprint density at radius 2 is 2.50 bits per heavy atom. The first-order valence-corrected chi connectivity index (χ1v) is 3.24. The van der Waals surface area contributed by atoms with Gasteiger partial charge in [0, 0.05) is 14.2 Å². The smallest absolute Gasteiger partial charge is 0.261 e. The molecule has 2 unspecified atom stereocenters. The van der Waals surface area contributed by atoms with Gasteiger partial charge in [-0.2, -0.15) is 0 Å². The standard InChI is InChI=1S/C7H9NO2/c1-8-5-3-4-7(5,10-2)6(8)9/h3-5H,1-2H3. The SMILES string of the molecule is COC12C=CC1N(C)C2=O. The van der Waals surface area contributed by atoms with Crippen molar-refractivity contribution >= 4 is 5.91 Å². The largest absolute Gasteiger partial charge is 0.362 e. The third kappa shape index (κ3) is 0.344. The van der Waals surface area contributed by atoms with E-state index in [1.165, 1.54) is 0 Å². The molecule has 0 aromatic rings. The monoisotopic (exact) mass is 139 g/mol. The third-order valence-electron chi connectivity index (χ3n) is 2.38. The summed E-state index contributed by atoms with van der Waals surface area (Å²) in [7, 11) is 3.36. The average molecular weight is 139 g/mol. The predicted octanol–water partition coefficient (Wildman–Crippen LogP) is -0.218. The lowest BCUT2D eigenvalue weighted by molar-refractivity contribution is -0.183. The van der Waals surface area contributed by atoms with Crippen LogP contribution in [0.25, 0.3) is 0 Å². The summed E-state index contributed by atoms with van der Waals surface area (Å²) in [6, 6.07) is 0.199. The molecule has 1 aliphatic heterocycles. The molecule has 0 bridgehead atoms. The van der Waals surface area contributed by atoms with Crippen LogP contribution in [0.1, 0.15) is 0 Å². The molecule has 0 spiro atoms. The minimum Gasteiger partial charge on any atom is -0.362 e. The highest BCUT2D eigenvalue weighted by Crippen LogP contribution is 2.41. The van der Waals surface area contributed by atoms with Gasteiger partial charge >= 0.3 is 0 Å². The number of amides is 1. The quantitative estimate of drug-likeness (QED) is 0.371. The number of β-lactam (4-membered cyclic amide) rings is 1. The second-order valence-corrected chi connectivity index (χ2v) is 2.72. The van der Waals surface area contributed by atoms with Crippen LogP contribution >= 0.6 is 0 Å². The molecule has 1 fully saturated rings. The summed E-state index contributed by atoms with van der Waals surface area (Å²) in [5, 5.41) is 0. The lowest BCUT2D eigenvalue weighted by Gasteiger charge is -2.55. The van der Waals surface area contributed by atoms with Crippen LogP contribution in [0.15, 0.2) is 12.2 Å². The lowest BCUT2D eigenvalue weighted by atomic mass is 9.73. The van der Waals surface area contributed by atoms with E-state index in [-0.39, 0.29) is 11.9 Å². The average Bonchev–Trinajstić information content (AvgIpc) is 1.88. The normalized spacial score (nSPS) is 42.4. The van der Waals surface area contributed by atoms with Crippen LogP contribution < -0.4 is 0 Å². The van der Waals surface area contributed by atoms with E-state index in [0.29, 0.717) is 0 Å². The van der Waals surface area contributed by atoms with E-state index >= 15 is 0 Å². The zero-order valence-electron chi connectivity index (χ0n) is 6.00. The fraction of sp³-hybridized carbons (Fsp3) is 0.571. The van der Waals surface area contributed by atoms with Crippen LogP contribution in [-0.2, 0) is 9.53 Å². The minimum atomic E-state index is -0.561. The number of likely N-dealkylation sites (N-methyl/N-ethyl adjacent to an activating group) is 1. The highest BCUT2D eigenvalue weighted by molar-refractivity contribution is 5.98. The maximum Gasteiger partial charge on any atom is 0.261 e. The Bertz CT molecular complexity index is 224. The fourth-order valence-corrected chi connectivity index (χ4v) is 1.58. The number of hydrogen-bond acceptors (Lipinski definition) is 2. The molecule has 1 saturated heterocycles. The van der Waals surface area contributed by atoms with Gasteiger partial charge in [-0.05, 0) is 6.08 Å². The first-order valence-electron chi connectivity index (χ1n) is 3.24. The van der Waals surface area contributed by atoms with E-state index in [2.05, 4.69) is 0 Å².